The molecule has 0 saturated heterocycles. The van der Waals surface area contributed by atoms with Gasteiger partial charge >= 0.3 is 0 Å². The molecule has 7 heteroatoms. The van der Waals surface area contributed by atoms with E-state index in [0.29, 0.717) is 22.7 Å². The Bertz CT molecular complexity index is 968. The fourth-order valence-corrected chi connectivity index (χ4v) is 4.44. The van der Waals surface area contributed by atoms with Crippen molar-refractivity contribution in [3.05, 3.63) is 52.7 Å². The molecule has 1 aromatic carbocycles. The molecular formula is C22H24N4O2S. The average molecular weight is 409 g/mol. The van der Waals surface area contributed by atoms with Crippen molar-refractivity contribution in [2.45, 2.75) is 55.7 Å². The second-order valence-electron chi connectivity index (χ2n) is 7.03. The van der Waals surface area contributed by atoms with Crippen LogP contribution in [-0.2, 0) is 17.6 Å². The molecule has 3 rings (SSSR count). The summed E-state index contributed by atoms with van der Waals surface area (Å²) in [7, 11) is 0. The fraction of sp³-hybridized carbons (Fsp3) is 0.364. The summed E-state index contributed by atoms with van der Waals surface area (Å²) in [6, 6.07) is 10.8. The van der Waals surface area contributed by atoms with E-state index in [1.165, 1.54) is 18.2 Å². The summed E-state index contributed by atoms with van der Waals surface area (Å²) in [6.07, 6.45) is 5.79. The van der Waals surface area contributed by atoms with E-state index in [-0.39, 0.29) is 11.5 Å². The Morgan fingerprint density at radius 3 is 2.76 bits per heavy atom. The zero-order valence-electron chi connectivity index (χ0n) is 16.4. The van der Waals surface area contributed by atoms with Crippen molar-refractivity contribution >= 4 is 29.3 Å². The minimum atomic E-state index is -0.596. The second kappa shape index (κ2) is 9.57. The number of para-hydroxylation sites is 1. The average Bonchev–Trinajstić information content (AvgIpc) is 2.96. The van der Waals surface area contributed by atoms with E-state index in [2.05, 4.69) is 11.4 Å². The smallest absolute Gasteiger partial charge is 0.250 e. The highest BCUT2D eigenvalue weighted by Crippen LogP contribution is 2.31. The molecule has 1 aliphatic carbocycles. The Labute approximate surface area is 174 Å². The molecule has 2 amide bonds. The molecule has 1 aromatic heterocycles. The van der Waals surface area contributed by atoms with Crippen LogP contribution in [0, 0.1) is 11.3 Å². The molecule has 0 radical (unpaired) electrons. The van der Waals surface area contributed by atoms with Crippen molar-refractivity contribution < 1.29 is 9.59 Å². The van der Waals surface area contributed by atoms with E-state index in [1.807, 2.05) is 13.0 Å². The summed E-state index contributed by atoms with van der Waals surface area (Å²) >= 11 is 1.30. The molecule has 3 N–H and O–H groups in total. The number of hydrogen-bond donors (Lipinski definition) is 2. The summed E-state index contributed by atoms with van der Waals surface area (Å²) in [4.78, 5) is 29.2. The zero-order valence-corrected chi connectivity index (χ0v) is 17.2. The number of benzene rings is 1. The van der Waals surface area contributed by atoms with Crippen molar-refractivity contribution in [2.75, 3.05) is 5.32 Å². The number of primary amides is 1. The molecule has 6 nitrogen and oxygen atoms in total. The van der Waals surface area contributed by atoms with E-state index < -0.39 is 11.2 Å². The zero-order chi connectivity index (χ0) is 20.8. The largest absolute Gasteiger partial charge is 0.366 e. The lowest BCUT2D eigenvalue weighted by molar-refractivity contribution is -0.115. The Morgan fingerprint density at radius 1 is 1.28 bits per heavy atom. The highest BCUT2D eigenvalue weighted by molar-refractivity contribution is 8.00. The molecule has 0 spiro atoms. The van der Waals surface area contributed by atoms with Gasteiger partial charge in [-0.25, -0.2) is 4.98 Å². The number of thioether (sulfide) groups is 1. The lowest BCUT2D eigenvalue weighted by Crippen LogP contribution is -2.26. The number of rotatable bonds is 6. The van der Waals surface area contributed by atoms with Crippen LogP contribution in [-0.4, -0.2) is 22.0 Å². The minimum absolute atomic E-state index is 0.244. The molecule has 0 saturated carbocycles. The number of carbonyl (C=O) groups is 2. The number of aryl methyl sites for hydroxylation is 2. The van der Waals surface area contributed by atoms with Crippen molar-refractivity contribution in [2.24, 2.45) is 5.73 Å². The third kappa shape index (κ3) is 4.96. The van der Waals surface area contributed by atoms with Crippen LogP contribution in [0.1, 0.15) is 59.8 Å². The summed E-state index contributed by atoms with van der Waals surface area (Å²) in [6.45, 7) is 1.91. The third-order valence-electron chi connectivity index (χ3n) is 5.00. The first-order valence-corrected chi connectivity index (χ1v) is 10.7. The van der Waals surface area contributed by atoms with E-state index in [0.717, 1.165) is 36.9 Å². The van der Waals surface area contributed by atoms with E-state index >= 15 is 0 Å². The van der Waals surface area contributed by atoms with Gasteiger partial charge in [-0.2, -0.15) is 5.26 Å². The van der Waals surface area contributed by atoms with Gasteiger partial charge in [-0.3, -0.25) is 9.59 Å². The van der Waals surface area contributed by atoms with Gasteiger partial charge < -0.3 is 11.1 Å². The van der Waals surface area contributed by atoms with Gasteiger partial charge in [-0.05, 0) is 55.9 Å². The number of nitriles is 1. The number of amides is 2. The van der Waals surface area contributed by atoms with Crippen LogP contribution in [0.15, 0.2) is 35.4 Å². The first-order valence-electron chi connectivity index (χ1n) is 9.82. The summed E-state index contributed by atoms with van der Waals surface area (Å²) in [5, 5.41) is 12.5. The van der Waals surface area contributed by atoms with Crippen LogP contribution in [0.3, 0.4) is 0 Å². The van der Waals surface area contributed by atoms with Crippen LogP contribution >= 0.6 is 11.8 Å². The van der Waals surface area contributed by atoms with E-state index in [1.54, 1.807) is 24.3 Å². The van der Waals surface area contributed by atoms with Crippen molar-refractivity contribution in [3.63, 3.8) is 0 Å². The van der Waals surface area contributed by atoms with Crippen LogP contribution in [0.5, 0.6) is 0 Å². The normalized spacial score (nSPS) is 14.2. The van der Waals surface area contributed by atoms with Gasteiger partial charge in [0.05, 0.1) is 22.1 Å². The maximum Gasteiger partial charge on any atom is 0.250 e. The molecule has 29 heavy (non-hydrogen) atoms. The van der Waals surface area contributed by atoms with Crippen LogP contribution in [0.2, 0.25) is 0 Å². The number of nitrogens with one attached hydrogen (secondary N) is 1. The number of fused-ring (bicyclic) bond motifs is 1. The molecule has 0 aliphatic heterocycles. The van der Waals surface area contributed by atoms with Gasteiger partial charge in [0.1, 0.15) is 11.1 Å². The standard InChI is InChI=1S/C22H24N4O2S/c1-2-19(21(28)25-18-11-7-6-9-16(18)20(24)27)29-22-15(13-23)12-14-8-4-3-5-10-17(14)26-22/h6-7,9,11-12,19H,2-5,8,10H2,1H3,(H2,24,27)(H,25,28). The van der Waals surface area contributed by atoms with Crippen LogP contribution in [0.4, 0.5) is 5.69 Å². The highest BCUT2D eigenvalue weighted by atomic mass is 32.2. The van der Waals surface area contributed by atoms with E-state index in [9.17, 15) is 14.9 Å². The van der Waals surface area contributed by atoms with Gasteiger partial charge in [0.15, 0.2) is 0 Å². The van der Waals surface area contributed by atoms with Gasteiger partial charge in [-0.15, -0.1) is 0 Å². The quantitative estimate of drug-likeness (QED) is 0.558. The SMILES string of the molecule is CCC(Sc1nc2c(cc1C#N)CCCCC2)C(=O)Nc1ccccc1C(N)=O. The lowest BCUT2D eigenvalue weighted by atomic mass is 10.1. The minimum Gasteiger partial charge on any atom is -0.366 e. The van der Waals surface area contributed by atoms with Gasteiger partial charge in [0, 0.05) is 5.69 Å². The Kier molecular flexibility index (Phi) is 6.89. The fourth-order valence-electron chi connectivity index (χ4n) is 3.44. The van der Waals surface area contributed by atoms with Gasteiger partial charge in [0.2, 0.25) is 5.91 Å². The number of carbonyl (C=O) groups excluding carboxylic acids is 2. The number of hydrogen-bond acceptors (Lipinski definition) is 5. The second-order valence-corrected chi connectivity index (χ2v) is 8.22. The highest BCUT2D eigenvalue weighted by Gasteiger charge is 2.23. The molecule has 1 atom stereocenters. The van der Waals surface area contributed by atoms with Crippen LogP contribution < -0.4 is 11.1 Å². The maximum atomic E-state index is 12.9. The lowest BCUT2D eigenvalue weighted by Gasteiger charge is -2.17. The number of pyridine rings is 1. The maximum absolute atomic E-state index is 12.9. The van der Waals surface area contributed by atoms with Gasteiger partial charge in [-0.1, -0.05) is 37.2 Å². The molecule has 1 unspecified atom stereocenters. The molecule has 0 bridgehead atoms. The number of aromatic nitrogens is 1. The van der Waals surface area contributed by atoms with Crippen molar-refractivity contribution in [1.29, 1.82) is 5.26 Å². The Hall–Kier alpha value is -2.85. The number of nitrogens with two attached hydrogens (primary N) is 1. The molecule has 2 aromatic rings. The first kappa shape index (κ1) is 20.9. The van der Waals surface area contributed by atoms with Crippen molar-refractivity contribution in [1.82, 2.24) is 4.98 Å². The Balaban J connectivity index is 1.83. The molecule has 1 heterocycles. The third-order valence-corrected chi connectivity index (χ3v) is 6.37. The number of nitrogens with zero attached hydrogens (tertiary/aromatic N) is 2. The predicted molar refractivity (Wildman–Crippen MR) is 114 cm³/mol. The van der Waals surface area contributed by atoms with Crippen molar-refractivity contribution in [3.8, 4) is 6.07 Å². The van der Waals surface area contributed by atoms with Crippen LogP contribution in [0.25, 0.3) is 0 Å². The molecule has 150 valence electrons. The first-order chi connectivity index (χ1) is 14.0. The summed E-state index contributed by atoms with van der Waals surface area (Å²) in [5.41, 5.74) is 8.75. The molecule has 0 fully saturated rings. The Morgan fingerprint density at radius 2 is 2.03 bits per heavy atom. The topological polar surface area (TPSA) is 109 Å². The predicted octanol–water partition coefficient (Wildman–Crippen LogP) is 3.83. The number of anilines is 1. The summed E-state index contributed by atoms with van der Waals surface area (Å²) in [5.74, 6) is -0.840. The van der Waals surface area contributed by atoms with Gasteiger partial charge in [0.25, 0.3) is 5.91 Å². The van der Waals surface area contributed by atoms with E-state index in [4.69, 9.17) is 10.7 Å². The molecule has 1 aliphatic rings. The molecular weight excluding hydrogens is 384 g/mol. The monoisotopic (exact) mass is 408 g/mol. The summed E-state index contributed by atoms with van der Waals surface area (Å²) < 4.78 is 0.